The number of rotatable bonds is 7. The summed E-state index contributed by atoms with van der Waals surface area (Å²) in [4.78, 5) is 23.6. The fraction of sp³-hybridized carbons (Fsp3) is 0.353. The van der Waals surface area contributed by atoms with Crippen molar-refractivity contribution in [3.63, 3.8) is 0 Å². The lowest BCUT2D eigenvalue weighted by molar-refractivity contribution is 0.0667. The molecule has 2 aromatic carbocycles. The van der Waals surface area contributed by atoms with Gasteiger partial charge >= 0.3 is 11.9 Å². The van der Waals surface area contributed by atoms with Crippen molar-refractivity contribution >= 4 is 11.9 Å². The molecule has 0 radical (unpaired) electrons. The average molecular weight is 621 g/mol. The van der Waals surface area contributed by atoms with Crippen LogP contribution in [0.5, 0.6) is 23.3 Å². The van der Waals surface area contributed by atoms with Gasteiger partial charge in [-0.3, -0.25) is 0 Å². The predicted octanol–water partition coefficient (Wildman–Crippen LogP) is 6.09. The molecule has 234 valence electrons. The number of aromatic nitrogens is 6. The number of carboxylic acid groups (broad SMARTS) is 2. The van der Waals surface area contributed by atoms with E-state index in [2.05, 4.69) is 49.4 Å². The van der Waals surface area contributed by atoms with Gasteiger partial charge in [0, 0.05) is 23.0 Å². The second-order valence-corrected chi connectivity index (χ2v) is 11.4. The lowest BCUT2D eigenvalue weighted by Gasteiger charge is -2.26. The number of benzene rings is 2. The molecule has 2 unspecified atom stereocenters. The van der Waals surface area contributed by atoms with Crippen LogP contribution < -0.4 is 9.47 Å². The van der Waals surface area contributed by atoms with Gasteiger partial charge in [-0.1, -0.05) is 76.1 Å². The molecular weight excluding hydrogens is 588 g/mol. The molecule has 0 aliphatic heterocycles. The van der Waals surface area contributed by atoms with Gasteiger partial charge in [-0.2, -0.15) is 0 Å². The van der Waals surface area contributed by atoms with Crippen LogP contribution in [0.25, 0.3) is 0 Å². The highest BCUT2D eigenvalue weighted by atomic mass is 16.5. The zero-order chi connectivity index (χ0) is 31.9. The molecule has 2 saturated carbocycles. The minimum Gasteiger partial charge on any atom is -0.476 e. The first-order valence-corrected chi connectivity index (χ1v) is 15.3. The molecule has 12 nitrogen and oxygen atoms in total. The summed E-state index contributed by atoms with van der Waals surface area (Å²) < 4.78 is 12.9. The largest absolute Gasteiger partial charge is 0.476 e. The number of aromatic carboxylic acids is 2. The third kappa shape index (κ3) is 7.36. The van der Waals surface area contributed by atoms with Crippen LogP contribution in [0.3, 0.4) is 0 Å². The van der Waals surface area contributed by atoms with Crippen LogP contribution >= 0.6 is 0 Å². The number of nitrogens with zero attached hydrogens (tertiary/aromatic N) is 5. The lowest BCUT2D eigenvalue weighted by Crippen LogP contribution is -2.23. The quantitative estimate of drug-likeness (QED) is 0.206. The van der Waals surface area contributed by atoms with Crippen molar-refractivity contribution in [2.75, 3.05) is 0 Å². The number of nitrogens with one attached hydrogen (secondary N) is 1. The maximum atomic E-state index is 12.4. The van der Waals surface area contributed by atoms with Gasteiger partial charge in [0.05, 0.1) is 6.04 Å². The first-order chi connectivity index (χ1) is 22.4. The van der Waals surface area contributed by atoms with E-state index in [0.29, 0.717) is 23.8 Å². The highest BCUT2D eigenvalue weighted by Crippen LogP contribution is 2.35. The van der Waals surface area contributed by atoms with Crippen LogP contribution in [0.2, 0.25) is 0 Å². The van der Waals surface area contributed by atoms with Gasteiger partial charge in [0.15, 0.2) is 0 Å². The molecule has 6 rings (SSSR count). The summed E-state index contributed by atoms with van der Waals surface area (Å²) in [7, 11) is 0. The normalized spacial score (nSPS) is 18.0. The predicted molar refractivity (Wildman–Crippen MR) is 165 cm³/mol. The van der Waals surface area contributed by atoms with Gasteiger partial charge in [0.1, 0.15) is 11.5 Å². The zero-order valence-corrected chi connectivity index (χ0v) is 25.0. The number of hydrogen-bond donors (Lipinski definition) is 3. The van der Waals surface area contributed by atoms with Crippen molar-refractivity contribution in [2.24, 2.45) is 11.8 Å². The van der Waals surface area contributed by atoms with Crippen LogP contribution in [-0.4, -0.2) is 52.6 Å². The van der Waals surface area contributed by atoms with E-state index in [9.17, 15) is 14.7 Å². The van der Waals surface area contributed by atoms with Crippen LogP contribution in [0, 0.1) is 35.5 Å². The van der Waals surface area contributed by atoms with Crippen LogP contribution in [0.4, 0.5) is 0 Å². The van der Waals surface area contributed by atoms with E-state index in [1.54, 1.807) is 36.4 Å². The van der Waals surface area contributed by atoms with Crippen molar-refractivity contribution in [3.8, 4) is 46.9 Å². The highest BCUT2D eigenvalue weighted by Gasteiger charge is 2.30. The van der Waals surface area contributed by atoms with Gasteiger partial charge in [0.2, 0.25) is 11.4 Å². The molecule has 2 fully saturated rings. The summed E-state index contributed by atoms with van der Waals surface area (Å²) in [5.41, 5.74) is 1.23. The molecule has 2 aromatic heterocycles. The Morgan fingerprint density at radius 2 is 1.52 bits per heavy atom. The number of carboxylic acids is 2. The van der Waals surface area contributed by atoms with Crippen molar-refractivity contribution in [1.82, 2.24) is 30.4 Å². The highest BCUT2D eigenvalue weighted by molar-refractivity contribution is 5.88. The number of hydrogen-bond acceptors (Lipinski definition) is 8. The SMILES string of the molecule is O=C(O)c1[nH]nnc1Oc1ccc(C#CC2CCCC(n3nnc(Oc4cccc(C#CC5CCCCC5)c4)c3C(=O)O)C2)cc1. The maximum Gasteiger partial charge on any atom is 0.359 e. The van der Waals surface area contributed by atoms with E-state index in [1.165, 1.54) is 23.9 Å². The molecule has 46 heavy (non-hydrogen) atoms. The van der Waals surface area contributed by atoms with E-state index >= 15 is 0 Å². The summed E-state index contributed by atoms with van der Waals surface area (Å²) in [6.07, 6.45) is 9.09. The summed E-state index contributed by atoms with van der Waals surface area (Å²) in [6, 6.07) is 14.0. The smallest absolute Gasteiger partial charge is 0.359 e. The third-order valence-electron chi connectivity index (χ3n) is 8.15. The topological polar surface area (TPSA) is 165 Å². The van der Waals surface area contributed by atoms with Gasteiger partial charge in [0.25, 0.3) is 11.8 Å². The Bertz CT molecular complexity index is 1830. The Balaban J connectivity index is 1.11. The summed E-state index contributed by atoms with van der Waals surface area (Å²) in [5, 5.41) is 37.0. The first kappa shape index (κ1) is 30.4. The fourth-order valence-corrected chi connectivity index (χ4v) is 5.82. The van der Waals surface area contributed by atoms with E-state index in [-0.39, 0.29) is 35.1 Å². The molecular formula is C34H32N6O6. The summed E-state index contributed by atoms with van der Waals surface area (Å²) >= 11 is 0. The monoisotopic (exact) mass is 620 g/mol. The van der Waals surface area contributed by atoms with Crippen LogP contribution in [-0.2, 0) is 0 Å². The van der Waals surface area contributed by atoms with E-state index in [4.69, 9.17) is 14.6 Å². The Morgan fingerprint density at radius 3 is 2.30 bits per heavy atom. The Morgan fingerprint density at radius 1 is 0.783 bits per heavy atom. The molecule has 2 heterocycles. The molecule has 2 aliphatic rings. The summed E-state index contributed by atoms with van der Waals surface area (Å²) in [5.74, 6) is 11.8. The molecule has 2 atom stereocenters. The van der Waals surface area contributed by atoms with E-state index in [0.717, 1.165) is 43.2 Å². The molecule has 2 aliphatic carbocycles. The number of ether oxygens (including phenoxy) is 2. The fourth-order valence-electron chi connectivity index (χ4n) is 5.82. The molecule has 12 heteroatoms. The van der Waals surface area contributed by atoms with Crippen molar-refractivity contribution in [2.45, 2.75) is 63.8 Å². The van der Waals surface area contributed by atoms with Crippen LogP contribution in [0.1, 0.15) is 95.9 Å². The Hall–Kier alpha value is -5.62. The van der Waals surface area contributed by atoms with Gasteiger partial charge in [-0.15, -0.1) is 0 Å². The van der Waals surface area contributed by atoms with Crippen molar-refractivity contribution in [3.05, 3.63) is 71.0 Å². The maximum absolute atomic E-state index is 12.4. The number of carbonyl (C=O) groups is 2. The van der Waals surface area contributed by atoms with Crippen LogP contribution in [0.15, 0.2) is 48.5 Å². The Labute approximate surface area is 265 Å². The minimum absolute atomic E-state index is 0.0255. The molecule has 4 aromatic rings. The van der Waals surface area contributed by atoms with E-state index in [1.807, 2.05) is 12.1 Å². The van der Waals surface area contributed by atoms with Gasteiger partial charge < -0.3 is 19.7 Å². The molecule has 0 spiro atoms. The number of aromatic amines is 1. The first-order valence-electron chi connectivity index (χ1n) is 15.3. The molecule has 0 bridgehead atoms. The average Bonchev–Trinajstić information content (AvgIpc) is 3.72. The standard InChI is InChI=1S/C34H32N6O6/c41-33(42)29-31(36-38-35-29)45-27-18-16-23(17-19-27)13-14-24-8-4-10-26(20-24)40-30(34(43)44)32(37-39-40)46-28-11-5-9-25(21-28)15-12-22-6-2-1-3-7-22/h5,9,11,16-19,21-22,24,26H,1-4,6-8,10,20H2,(H,41,42)(H,43,44)(H,35,36,38). The Kier molecular flexibility index (Phi) is 9.25. The molecule has 0 saturated heterocycles. The van der Waals surface area contributed by atoms with Gasteiger partial charge in [-0.05, 0) is 74.6 Å². The minimum atomic E-state index is -1.22. The van der Waals surface area contributed by atoms with Crippen molar-refractivity contribution < 1.29 is 29.3 Å². The lowest BCUT2D eigenvalue weighted by atomic mass is 9.86. The molecule has 3 N–H and O–H groups in total. The van der Waals surface area contributed by atoms with Crippen molar-refractivity contribution in [1.29, 1.82) is 0 Å². The second kappa shape index (κ2) is 14.0. The van der Waals surface area contributed by atoms with Gasteiger partial charge in [-0.25, -0.2) is 19.4 Å². The number of H-pyrrole nitrogens is 1. The third-order valence-corrected chi connectivity index (χ3v) is 8.15. The molecule has 0 amide bonds. The van der Waals surface area contributed by atoms with E-state index < -0.39 is 11.9 Å². The second-order valence-electron chi connectivity index (χ2n) is 11.4. The summed E-state index contributed by atoms with van der Waals surface area (Å²) in [6.45, 7) is 0. The zero-order valence-electron chi connectivity index (χ0n) is 25.0.